The van der Waals surface area contributed by atoms with Gasteiger partial charge in [-0.1, -0.05) is 18.2 Å². The Labute approximate surface area is 186 Å². The Morgan fingerprint density at radius 2 is 2.03 bits per heavy atom. The highest BCUT2D eigenvalue weighted by Crippen LogP contribution is 2.35. The van der Waals surface area contributed by atoms with E-state index in [0.717, 1.165) is 56.7 Å². The summed E-state index contributed by atoms with van der Waals surface area (Å²) >= 11 is 0. The van der Waals surface area contributed by atoms with Gasteiger partial charge in [-0.05, 0) is 58.0 Å². The van der Waals surface area contributed by atoms with Gasteiger partial charge in [-0.25, -0.2) is 4.98 Å². The van der Waals surface area contributed by atoms with Crippen molar-refractivity contribution in [1.82, 2.24) is 35.0 Å². The zero-order valence-electron chi connectivity index (χ0n) is 17.8. The van der Waals surface area contributed by atoms with Crippen molar-refractivity contribution < 1.29 is 4.79 Å². The Bertz CT molecular complexity index is 1130. The van der Waals surface area contributed by atoms with E-state index in [9.17, 15) is 10.1 Å². The molecule has 0 N–H and O–H groups in total. The number of rotatable bonds is 5. The molecule has 0 spiro atoms. The number of aromatic nitrogens is 5. The van der Waals surface area contributed by atoms with Crippen LogP contribution in [0.4, 0.5) is 0 Å². The van der Waals surface area contributed by atoms with Gasteiger partial charge in [0.2, 0.25) is 5.91 Å². The molecule has 1 aliphatic heterocycles. The third-order valence-corrected chi connectivity index (χ3v) is 6.47. The summed E-state index contributed by atoms with van der Waals surface area (Å²) in [4.78, 5) is 21.5. The molecular weight excluding hydrogens is 404 g/mol. The molecule has 0 radical (unpaired) electrons. The number of nitriles is 1. The van der Waals surface area contributed by atoms with Crippen LogP contribution in [0.25, 0.3) is 5.82 Å². The second-order valence-corrected chi connectivity index (χ2v) is 8.36. The number of hydrogen-bond donors (Lipinski definition) is 0. The standard InChI is InChI=1S/C23H24N8O/c24-13-18-2-1-3-20-19(5-6-21(18)20)15-29-8-10-30(11-9-29)23(32)12-17-4-7-22(25-14-17)31-16-26-27-28-31/h1-4,7,14,16,19H,5-6,8-12,15H2. The lowest BCUT2D eigenvalue weighted by molar-refractivity contribution is -0.132. The molecule has 5 rings (SSSR count). The van der Waals surface area contributed by atoms with Gasteiger partial charge < -0.3 is 4.90 Å². The van der Waals surface area contributed by atoms with Gasteiger partial charge in [0, 0.05) is 38.9 Å². The number of nitrogens with zero attached hydrogens (tertiary/aromatic N) is 8. The molecule has 1 aliphatic carbocycles. The van der Waals surface area contributed by atoms with E-state index in [2.05, 4.69) is 37.5 Å². The van der Waals surface area contributed by atoms with Crippen molar-refractivity contribution >= 4 is 5.91 Å². The van der Waals surface area contributed by atoms with Crippen LogP contribution in [-0.2, 0) is 17.6 Å². The largest absolute Gasteiger partial charge is 0.340 e. The fraction of sp³-hybridized carbons (Fsp3) is 0.391. The maximum absolute atomic E-state index is 12.8. The Hall–Kier alpha value is -3.64. The van der Waals surface area contributed by atoms with Crippen LogP contribution >= 0.6 is 0 Å². The van der Waals surface area contributed by atoms with Crippen molar-refractivity contribution in [3.63, 3.8) is 0 Å². The summed E-state index contributed by atoms with van der Waals surface area (Å²) < 4.78 is 1.48. The molecule has 0 saturated carbocycles. The second-order valence-electron chi connectivity index (χ2n) is 8.36. The first kappa shape index (κ1) is 20.3. The van der Waals surface area contributed by atoms with Gasteiger partial charge in [-0.2, -0.15) is 9.94 Å². The topological polar surface area (TPSA) is 104 Å². The summed E-state index contributed by atoms with van der Waals surface area (Å²) in [6, 6.07) is 12.1. The van der Waals surface area contributed by atoms with Crippen molar-refractivity contribution in [2.45, 2.75) is 25.2 Å². The molecule has 2 aromatic heterocycles. The van der Waals surface area contributed by atoms with Crippen LogP contribution in [0.5, 0.6) is 0 Å². The van der Waals surface area contributed by atoms with Crippen molar-refractivity contribution in [3.8, 4) is 11.9 Å². The van der Waals surface area contributed by atoms with Crippen LogP contribution in [0.1, 0.15) is 34.6 Å². The lowest BCUT2D eigenvalue weighted by atomic mass is 9.98. The second kappa shape index (κ2) is 8.85. The highest BCUT2D eigenvalue weighted by atomic mass is 16.2. The molecule has 1 unspecified atom stereocenters. The summed E-state index contributed by atoms with van der Waals surface area (Å²) in [6.07, 6.45) is 5.62. The van der Waals surface area contributed by atoms with E-state index in [-0.39, 0.29) is 5.91 Å². The third-order valence-electron chi connectivity index (χ3n) is 6.47. The fourth-order valence-corrected chi connectivity index (χ4v) is 4.74. The molecule has 32 heavy (non-hydrogen) atoms. The first-order valence-corrected chi connectivity index (χ1v) is 10.9. The molecule has 1 atom stereocenters. The number of carbonyl (C=O) groups is 1. The van der Waals surface area contributed by atoms with Crippen molar-refractivity contribution in [3.05, 3.63) is 65.1 Å². The number of carbonyl (C=O) groups excluding carboxylic acids is 1. The number of fused-ring (bicyclic) bond motifs is 1. The molecule has 2 aliphatic rings. The van der Waals surface area contributed by atoms with Crippen molar-refractivity contribution in [1.29, 1.82) is 5.26 Å². The molecule has 1 amide bonds. The van der Waals surface area contributed by atoms with E-state index in [0.29, 0.717) is 18.2 Å². The highest BCUT2D eigenvalue weighted by Gasteiger charge is 2.28. The average molecular weight is 429 g/mol. The third kappa shape index (κ3) is 4.09. The fourth-order valence-electron chi connectivity index (χ4n) is 4.74. The van der Waals surface area contributed by atoms with Gasteiger partial charge in [0.25, 0.3) is 0 Å². The van der Waals surface area contributed by atoms with Crippen LogP contribution in [0.3, 0.4) is 0 Å². The van der Waals surface area contributed by atoms with E-state index in [1.807, 2.05) is 29.2 Å². The molecule has 3 heterocycles. The van der Waals surface area contributed by atoms with E-state index in [4.69, 9.17) is 0 Å². The van der Waals surface area contributed by atoms with Crippen LogP contribution in [0.2, 0.25) is 0 Å². The molecule has 9 nitrogen and oxygen atoms in total. The van der Waals surface area contributed by atoms with Gasteiger partial charge in [-0.15, -0.1) is 5.10 Å². The van der Waals surface area contributed by atoms with E-state index >= 15 is 0 Å². The smallest absolute Gasteiger partial charge is 0.227 e. The minimum atomic E-state index is 0.131. The van der Waals surface area contributed by atoms with Gasteiger partial charge in [-0.3, -0.25) is 9.69 Å². The molecule has 1 saturated heterocycles. The van der Waals surface area contributed by atoms with E-state index in [1.165, 1.54) is 22.1 Å². The summed E-state index contributed by atoms with van der Waals surface area (Å²) in [7, 11) is 0. The molecule has 0 bridgehead atoms. The van der Waals surface area contributed by atoms with E-state index < -0.39 is 0 Å². The van der Waals surface area contributed by atoms with Crippen molar-refractivity contribution in [2.24, 2.45) is 0 Å². The normalized spacial score (nSPS) is 18.3. The number of piperazine rings is 1. The molecule has 1 aromatic carbocycles. The number of amides is 1. The molecule has 162 valence electrons. The van der Waals surface area contributed by atoms with Crippen molar-refractivity contribution in [2.75, 3.05) is 32.7 Å². The summed E-state index contributed by atoms with van der Waals surface area (Å²) in [6.45, 7) is 4.24. The summed E-state index contributed by atoms with van der Waals surface area (Å²) in [5.41, 5.74) is 4.26. The Kier molecular flexibility index (Phi) is 5.60. The number of pyridine rings is 1. The minimum absolute atomic E-state index is 0.131. The Balaban J connectivity index is 1.13. The van der Waals surface area contributed by atoms with Crippen LogP contribution in [-0.4, -0.2) is 73.6 Å². The summed E-state index contributed by atoms with van der Waals surface area (Å²) in [5, 5.41) is 20.4. The first-order chi connectivity index (χ1) is 15.7. The maximum atomic E-state index is 12.8. The minimum Gasteiger partial charge on any atom is -0.340 e. The number of tetrazole rings is 1. The van der Waals surface area contributed by atoms with Crippen LogP contribution in [0, 0.1) is 11.3 Å². The molecule has 3 aromatic rings. The zero-order chi connectivity index (χ0) is 21.9. The lowest BCUT2D eigenvalue weighted by Gasteiger charge is -2.36. The van der Waals surface area contributed by atoms with Gasteiger partial charge in [0.1, 0.15) is 6.33 Å². The molecular formula is C23H24N8O. The number of benzene rings is 1. The SMILES string of the molecule is N#Cc1cccc2c1CCC2CN1CCN(C(=O)Cc2ccc(-n3cnnn3)nc2)CC1. The quantitative estimate of drug-likeness (QED) is 0.604. The highest BCUT2D eigenvalue weighted by molar-refractivity contribution is 5.78. The predicted molar refractivity (Wildman–Crippen MR) is 116 cm³/mol. The number of hydrogen-bond acceptors (Lipinski definition) is 7. The first-order valence-electron chi connectivity index (χ1n) is 10.9. The monoisotopic (exact) mass is 428 g/mol. The molecule has 1 fully saturated rings. The van der Waals surface area contributed by atoms with Crippen LogP contribution < -0.4 is 0 Å². The lowest BCUT2D eigenvalue weighted by Crippen LogP contribution is -2.49. The Morgan fingerprint density at radius 1 is 1.16 bits per heavy atom. The van der Waals surface area contributed by atoms with Crippen LogP contribution in [0.15, 0.2) is 42.9 Å². The Morgan fingerprint density at radius 3 is 2.75 bits per heavy atom. The predicted octanol–water partition coefficient (Wildman–Crippen LogP) is 1.35. The average Bonchev–Trinajstić information content (AvgIpc) is 3.51. The molecule has 9 heteroatoms. The van der Waals surface area contributed by atoms with E-state index in [1.54, 1.807) is 6.20 Å². The summed E-state index contributed by atoms with van der Waals surface area (Å²) in [5.74, 6) is 1.23. The zero-order valence-corrected chi connectivity index (χ0v) is 17.8. The van der Waals surface area contributed by atoms with Gasteiger partial charge in [0.05, 0.1) is 18.1 Å². The van der Waals surface area contributed by atoms with Gasteiger partial charge >= 0.3 is 0 Å². The maximum Gasteiger partial charge on any atom is 0.227 e. The van der Waals surface area contributed by atoms with Gasteiger partial charge in [0.15, 0.2) is 5.82 Å².